The highest BCUT2D eigenvalue weighted by molar-refractivity contribution is 7.00. The van der Waals surface area contributed by atoms with Crippen LogP contribution in [0.2, 0.25) is 0 Å². The number of carboxylic acids is 1. The van der Waals surface area contributed by atoms with Gasteiger partial charge in [-0.25, -0.2) is 4.79 Å². The van der Waals surface area contributed by atoms with Crippen molar-refractivity contribution in [1.82, 2.24) is 13.3 Å². The summed E-state index contributed by atoms with van der Waals surface area (Å²) >= 11 is 1.16. The van der Waals surface area contributed by atoms with Crippen LogP contribution in [-0.4, -0.2) is 31.5 Å². The fourth-order valence-electron chi connectivity index (χ4n) is 4.71. The first-order valence-corrected chi connectivity index (χ1v) is 12.8. The van der Waals surface area contributed by atoms with Gasteiger partial charge >= 0.3 is 5.97 Å². The molecule has 0 spiro atoms. The molecule has 1 N–H and O–H groups in total. The molecule has 0 aliphatic rings. The van der Waals surface area contributed by atoms with Gasteiger partial charge in [0, 0.05) is 23.0 Å². The first-order chi connectivity index (χ1) is 18.6. The molecular weight excluding hydrogens is 498 g/mol. The van der Waals surface area contributed by atoms with Crippen LogP contribution in [0.15, 0.2) is 91.0 Å². The Morgan fingerprint density at radius 2 is 1.63 bits per heavy atom. The van der Waals surface area contributed by atoms with Gasteiger partial charge in [0.2, 0.25) is 0 Å². The Morgan fingerprint density at radius 3 is 2.39 bits per heavy atom. The molecule has 0 saturated heterocycles. The summed E-state index contributed by atoms with van der Waals surface area (Å²) in [4.78, 5) is 12.8. The highest BCUT2D eigenvalue weighted by Gasteiger charge is 2.24. The van der Waals surface area contributed by atoms with E-state index in [0.29, 0.717) is 30.2 Å². The van der Waals surface area contributed by atoms with Crippen molar-refractivity contribution in [1.29, 1.82) is 0 Å². The van der Waals surface area contributed by atoms with E-state index in [2.05, 4.69) is 8.75 Å². The minimum atomic E-state index is -1.00. The molecule has 38 heavy (non-hydrogen) atoms. The summed E-state index contributed by atoms with van der Waals surface area (Å²) in [6, 6.07) is 29.0. The average Bonchev–Trinajstić information content (AvgIpc) is 3.54. The molecule has 0 aliphatic heterocycles. The minimum Gasteiger partial charge on any atom is -0.497 e. The largest absolute Gasteiger partial charge is 0.497 e. The van der Waals surface area contributed by atoms with Crippen LogP contribution in [0.1, 0.15) is 21.6 Å². The van der Waals surface area contributed by atoms with Gasteiger partial charge in [0.1, 0.15) is 34.8 Å². The molecule has 8 heteroatoms. The van der Waals surface area contributed by atoms with Crippen LogP contribution in [0.4, 0.5) is 0 Å². The molecule has 188 valence electrons. The molecule has 0 atom stereocenters. The van der Waals surface area contributed by atoms with Crippen molar-refractivity contribution in [3.63, 3.8) is 0 Å². The zero-order valence-corrected chi connectivity index (χ0v) is 21.3. The molecule has 0 fully saturated rings. The fraction of sp³-hybridized carbons (Fsp3) is 0.100. The minimum absolute atomic E-state index is 0.210. The van der Waals surface area contributed by atoms with Crippen LogP contribution >= 0.6 is 11.7 Å². The zero-order chi connectivity index (χ0) is 26.1. The van der Waals surface area contributed by atoms with Crippen LogP contribution < -0.4 is 9.47 Å². The van der Waals surface area contributed by atoms with Gasteiger partial charge in [-0.3, -0.25) is 0 Å². The summed E-state index contributed by atoms with van der Waals surface area (Å²) in [6.07, 6.45) is 0. The number of carbonyl (C=O) groups is 1. The Morgan fingerprint density at radius 1 is 0.868 bits per heavy atom. The molecule has 6 rings (SSSR count). The maximum absolute atomic E-state index is 12.8. The molecule has 0 radical (unpaired) electrons. The number of nitrogens with zero attached hydrogens (tertiary/aromatic N) is 3. The Balaban J connectivity index is 1.50. The molecule has 7 nitrogen and oxygen atoms in total. The number of benzene rings is 4. The van der Waals surface area contributed by atoms with E-state index in [1.165, 1.54) is 0 Å². The lowest BCUT2D eigenvalue weighted by molar-refractivity contribution is 0.0687. The highest BCUT2D eigenvalue weighted by atomic mass is 32.1. The molecule has 4 aromatic carbocycles. The van der Waals surface area contributed by atoms with Crippen LogP contribution in [-0.2, 0) is 13.2 Å². The van der Waals surface area contributed by atoms with Crippen molar-refractivity contribution in [3.05, 3.63) is 108 Å². The quantitative estimate of drug-likeness (QED) is 0.241. The van der Waals surface area contributed by atoms with Crippen molar-refractivity contribution in [2.24, 2.45) is 0 Å². The second kappa shape index (κ2) is 9.99. The molecule has 0 saturated carbocycles. The van der Waals surface area contributed by atoms with E-state index in [1.807, 2.05) is 95.6 Å². The van der Waals surface area contributed by atoms with Crippen molar-refractivity contribution in [2.45, 2.75) is 13.2 Å². The molecule has 2 aromatic heterocycles. The number of hydrogen-bond donors (Lipinski definition) is 1. The van der Waals surface area contributed by atoms with E-state index < -0.39 is 5.97 Å². The summed E-state index contributed by atoms with van der Waals surface area (Å²) in [5, 5.41) is 11.3. The smallest absolute Gasteiger partial charge is 0.353 e. The lowest BCUT2D eigenvalue weighted by atomic mass is 10.0. The first kappa shape index (κ1) is 23.7. The maximum Gasteiger partial charge on any atom is 0.353 e. The standard InChI is InChI=1S/C30H23N3O4S/c1-36-22-10-8-21(9-11-22)28-24-16-23(37-18-19-5-3-2-4-6-19)12-14-27(24)33(29(28)30(34)35)17-20-7-13-25-26(15-20)32-38-31-25/h2-16H,17-18H2,1H3,(H,34,35). The van der Waals surface area contributed by atoms with Gasteiger partial charge in [-0.05, 0) is 59.2 Å². The summed E-state index contributed by atoms with van der Waals surface area (Å²) in [5.41, 5.74) is 6.05. The van der Waals surface area contributed by atoms with Crippen LogP contribution in [0.25, 0.3) is 33.1 Å². The van der Waals surface area contributed by atoms with Crippen molar-refractivity contribution >= 4 is 39.6 Å². The third kappa shape index (κ3) is 4.46. The van der Waals surface area contributed by atoms with Gasteiger partial charge in [0.15, 0.2) is 0 Å². The molecule has 0 unspecified atom stereocenters. The Hall–Kier alpha value is -4.69. The van der Waals surface area contributed by atoms with E-state index >= 15 is 0 Å². The van der Waals surface area contributed by atoms with Crippen molar-refractivity contribution < 1.29 is 19.4 Å². The topological polar surface area (TPSA) is 86.5 Å². The maximum atomic E-state index is 12.8. The van der Waals surface area contributed by atoms with Gasteiger partial charge < -0.3 is 19.1 Å². The number of carboxylic acid groups (broad SMARTS) is 1. The lowest BCUT2D eigenvalue weighted by Gasteiger charge is -2.10. The van der Waals surface area contributed by atoms with E-state index in [-0.39, 0.29) is 5.69 Å². The lowest BCUT2D eigenvalue weighted by Crippen LogP contribution is -2.10. The number of hydrogen-bond acceptors (Lipinski definition) is 6. The number of aromatic nitrogens is 3. The summed E-state index contributed by atoms with van der Waals surface area (Å²) in [7, 11) is 1.61. The molecule has 0 aliphatic carbocycles. The first-order valence-electron chi connectivity index (χ1n) is 12.0. The molecule has 0 amide bonds. The number of aromatic carboxylic acids is 1. The van der Waals surface area contributed by atoms with Crippen molar-refractivity contribution in [3.8, 4) is 22.6 Å². The number of fused-ring (bicyclic) bond motifs is 2. The fourth-order valence-corrected chi connectivity index (χ4v) is 5.23. The second-order valence-corrected chi connectivity index (χ2v) is 9.41. The van der Waals surface area contributed by atoms with Gasteiger partial charge in [0.05, 0.1) is 18.8 Å². The molecule has 0 bridgehead atoms. The average molecular weight is 522 g/mol. The third-order valence-corrected chi connectivity index (χ3v) is 7.08. The van der Waals surface area contributed by atoms with E-state index in [9.17, 15) is 9.90 Å². The molecular formula is C30H23N3O4S. The van der Waals surface area contributed by atoms with Gasteiger partial charge in [-0.1, -0.05) is 48.5 Å². The predicted molar refractivity (Wildman–Crippen MR) is 148 cm³/mol. The number of ether oxygens (including phenoxy) is 2. The van der Waals surface area contributed by atoms with E-state index in [1.54, 1.807) is 7.11 Å². The normalized spacial score (nSPS) is 11.2. The highest BCUT2D eigenvalue weighted by Crippen LogP contribution is 2.38. The molecule has 2 heterocycles. The monoisotopic (exact) mass is 521 g/mol. The zero-order valence-electron chi connectivity index (χ0n) is 20.5. The van der Waals surface area contributed by atoms with E-state index in [4.69, 9.17) is 9.47 Å². The Bertz CT molecular complexity index is 1760. The molecule has 6 aromatic rings. The predicted octanol–water partition coefficient (Wildman–Crippen LogP) is 6.65. The van der Waals surface area contributed by atoms with Gasteiger partial charge in [-0.2, -0.15) is 8.75 Å². The summed E-state index contributed by atoms with van der Waals surface area (Å²) in [6.45, 7) is 0.782. The van der Waals surface area contributed by atoms with Crippen molar-refractivity contribution in [2.75, 3.05) is 7.11 Å². The Labute approximate surface area is 222 Å². The van der Waals surface area contributed by atoms with Gasteiger partial charge in [0.25, 0.3) is 0 Å². The third-order valence-electron chi connectivity index (χ3n) is 6.52. The number of rotatable bonds is 8. The summed E-state index contributed by atoms with van der Waals surface area (Å²) in [5.74, 6) is 0.363. The van der Waals surface area contributed by atoms with Crippen LogP contribution in [0, 0.1) is 0 Å². The SMILES string of the molecule is COc1ccc(-c2c(C(=O)O)n(Cc3ccc4nsnc4c3)c3ccc(OCc4ccccc4)cc23)cc1. The van der Waals surface area contributed by atoms with Crippen LogP contribution in [0.3, 0.4) is 0 Å². The second-order valence-electron chi connectivity index (χ2n) is 8.88. The summed E-state index contributed by atoms with van der Waals surface area (Å²) < 4.78 is 21.9. The number of methoxy groups -OCH3 is 1. The van der Waals surface area contributed by atoms with E-state index in [0.717, 1.165) is 50.4 Å². The van der Waals surface area contributed by atoms with Gasteiger partial charge in [-0.15, -0.1) is 0 Å². The Kier molecular flexibility index (Phi) is 6.23. The van der Waals surface area contributed by atoms with Crippen LogP contribution in [0.5, 0.6) is 11.5 Å².